The highest BCUT2D eigenvalue weighted by Gasteiger charge is 2.15. The lowest BCUT2D eigenvalue weighted by atomic mass is 10.1. The van der Waals surface area contributed by atoms with Crippen LogP contribution in [-0.2, 0) is 6.42 Å². The molecule has 0 fully saturated rings. The fourth-order valence-corrected chi connectivity index (χ4v) is 4.58. The van der Waals surface area contributed by atoms with Gasteiger partial charge in [-0.3, -0.25) is 0 Å². The van der Waals surface area contributed by atoms with Crippen LogP contribution in [0.1, 0.15) is 15.8 Å². The molecule has 0 radical (unpaired) electrons. The van der Waals surface area contributed by atoms with Crippen molar-refractivity contribution < 1.29 is 0 Å². The first-order chi connectivity index (χ1) is 10.2. The average molecular weight is 446 g/mol. The van der Waals surface area contributed by atoms with Crippen molar-refractivity contribution in [3.05, 3.63) is 71.6 Å². The van der Waals surface area contributed by atoms with Gasteiger partial charge in [0.25, 0.3) is 0 Å². The molecular formula is C16H13ClINS2. The van der Waals surface area contributed by atoms with Gasteiger partial charge >= 0.3 is 0 Å². The summed E-state index contributed by atoms with van der Waals surface area (Å²) in [7, 11) is 0. The minimum absolute atomic E-state index is 0.251. The van der Waals surface area contributed by atoms with Crippen molar-refractivity contribution in [1.29, 1.82) is 0 Å². The second-order valence-electron chi connectivity index (χ2n) is 4.62. The van der Waals surface area contributed by atoms with Gasteiger partial charge in [-0.1, -0.05) is 23.7 Å². The Balaban J connectivity index is 1.85. The summed E-state index contributed by atoms with van der Waals surface area (Å²) in [5, 5.41) is 8.61. The van der Waals surface area contributed by atoms with Crippen LogP contribution < -0.4 is 5.32 Å². The normalized spacial score (nSPS) is 12.3. The van der Waals surface area contributed by atoms with Crippen LogP contribution in [-0.4, -0.2) is 0 Å². The molecular weight excluding hydrogens is 433 g/mol. The van der Waals surface area contributed by atoms with E-state index in [-0.39, 0.29) is 6.04 Å². The Kier molecular flexibility index (Phi) is 5.21. The van der Waals surface area contributed by atoms with Crippen LogP contribution in [0.2, 0.25) is 5.02 Å². The lowest BCUT2D eigenvalue weighted by Gasteiger charge is -2.19. The molecule has 2 heterocycles. The van der Waals surface area contributed by atoms with Crippen molar-refractivity contribution in [2.24, 2.45) is 0 Å². The van der Waals surface area contributed by atoms with Crippen molar-refractivity contribution in [3.63, 3.8) is 0 Å². The highest BCUT2D eigenvalue weighted by molar-refractivity contribution is 14.1. The lowest BCUT2D eigenvalue weighted by molar-refractivity contribution is 0.802. The van der Waals surface area contributed by atoms with Gasteiger partial charge in [-0.15, -0.1) is 22.7 Å². The fraction of sp³-hybridized carbons (Fsp3) is 0.125. The van der Waals surface area contributed by atoms with E-state index < -0.39 is 0 Å². The van der Waals surface area contributed by atoms with E-state index in [1.165, 1.54) is 9.75 Å². The SMILES string of the molecule is Clc1cc(I)ccc1NC(Cc1cccs1)c1cccs1. The van der Waals surface area contributed by atoms with Crippen LogP contribution >= 0.6 is 56.9 Å². The summed E-state index contributed by atoms with van der Waals surface area (Å²) in [4.78, 5) is 2.71. The first-order valence-electron chi connectivity index (χ1n) is 6.50. The molecule has 0 amide bonds. The molecule has 1 unspecified atom stereocenters. The Morgan fingerprint density at radius 1 is 1.10 bits per heavy atom. The van der Waals surface area contributed by atoms with Gasteiger partial charge in [-0.05, 0) is 63.7 Å². The molecule has 1 N–H and O–H groups in total. The topological polar surface area (TPSA) is 12.0 Å². The summed E-state index contributed by atoms with van der Waals surface area (Å²) in [6.07, 6.45) is 0.973. The summed E-state index contributed by atoms with van der Waals surface area (Å²) in [5.41, 5.74) is 0.993. The molecule has 3 aromatic rings. The van der Waals surface area contributed by atoms with Crippen LogP contribution in [0.3, 0.4) is 0 Å². The highest BCUT2D eigenvalue weighted by atomic mass is 127. The first kappa shape index (κ1) is 15.3. The van der Waals surface area contributed by atoms with E-state index in [9.17, 15) is 0 Å². The van der Waals surface area contributed by atoms with E-state index in [4.69, 9.17) is 11.6 Å². The van der Waals surface area contributed by atoms with Crippen molar-refractivity contribution >= 4 is 62.6 Å². The number of anilines is 1. The third kappa shape index (κ3) is 4.00. The Morgan fingerprint density at radius 2 is 1.90 bits per heavy atom. The minimum atomic E-state index is 0.251. The third-order valence-corrected chi connectivity index (χ3v) is 6.00. The standard InChI is InChI=1S/C16H13ClINS2/c17-13-9-11(18)5-6-14(13)19-15(16-4-2-8-21-16)10-12-3-1-7-20-12/h1-9,15,19H,10H2. The number of halogens is 2. The van der Waals surface area contributed by atoms with Gasteiger partial charge < -0.3 is 5.32 Å². The maximum atomic E-state index is 6.36. The Hall–Kier alpha value is -0.560. The lowest BCUT2D eigenvalue weighted by Crippen LogP contribution is -2.12. The molecule has 2 aromatic heterocycles. The fourth-order valence-electron chi connectivity index (χ4n) is 2.14. The Labute approximate surface area is 151 Å². The molecule has 0 saturated carbocycles. The zero-order valence-corrected chi connectivity index (χ0v) is 15.6. The molecule has 0 aliphatic carbocycles. The largest absolute Gasteiger partial charge is 0.376 e. The number of hydrogen-bond donors (Lipinski definition) is 1. The Morgan fingerprint density at radius 3 is 2.57 bits per heavy atom. The monoisotopic (exact) mass is 445 g/mol. The molecule has 0 spiro atoms. The second-order valence-corrected chi connectivity index (χ2v) is 8.28. The van der Waals surface area contributed by atoms with E-state index in [1.54, 1.807) is 22.7 Å². The molecule has 0 aliphatic heterocycles. The van der Waals surface area contributed by atoms with Gasteiger partial charge in [0, 0.05) is 19.7 Å². The van der Waals surface area contributed by atoms with Crippen LogP contribution in [0.25, 0.3) is 0 Å². The maximum absolute atomic E-state index is 6.36. The Bertz CT molecular complexity index is 695. The van der Waals surface area contributed by atoms with E-state index in [2.05, 4.69) is 75.1 Å². The van der Waals surface area contributed by atoms with E-state index in [0.717, 1.165) is 20.7 Å². The van der Waals surface area contributed by atoms with Crippen LogP contribution in [0.5, 0.6) is 0 Å². The van der Waals surface area contributed by atoms with Crippen molar-refractivity contribution in [2.75, 3.05) is 5.32 Å². The molecule has 0 bridgehead atoms. The number of thiophene rings is 2. The molecule has 1 atom stereocenters. The number of nitrogens with one attached hydrogen (secondary N) is 1. The van der Waals surface area contributed by atoms with Crippen molar-refractivity contribution in [1.82, 2.24) is 0 Å². The zero-order chi connectivity index (χ0) is 14.7. The van der Waals surface area contributed by atoms with Crippen LogP contribution in [0, 0.1) is 3.57 Å². The molecule has 21 heavy (non-hydrogen) atoms. The van der Waals surface area contributed by atoms with Gasteiger partial charge in [-0.2, -0.15) is 0 Å². The molecule has 1 nitrogen and oxygen atoms in total. The maximum Gasteiger partial charge on any atom is 0.0655 e. The van der Waals surface area contributed by atoms with E-state index in [1.807, 2.05) is 6.07 Å². The molecule has 3 rings (SSSR count). The minimum Gasteiger partial charge on any atom is -0.376 e. The molecule has 1 aromatic carbocycles. The van der Waals surface area contributed by atoms with Gasteiger partial charge in [0.1, 0.15) is 0 Å². The van der Waals surface area contributed by atoms with Gasteiger partial charge in [0.15, 0.2) is 0 Å². The first-order valence-corrected chi connectivity index (χ1v) is 9.71. The molecule has 5 heteroatoms. The summed E-state index contributed by atoms with van der Waals surface area (Å²) < 4.78 is 1.15. The average Bonchev–Trinajstić information content (AvgIpc) is 3.13. The van der Waals surface area contributed by atoms with Crippen molar-refractivity contribution in [2.45, 2.75) is 12.5 Å². The molecule has 108 valence electrons. The predicted octanol–water partition coefficient (Wildman–Crippen LogP) is 6.46. The summed E-state index contributed by atoms with van der Waals surface area (Å²) in [6.45, 7) is 0. The summed E-state index contributed by atoms with van der Waals surface area (Å²) in [6, 6.07) is 14.9. The third-order valence-electron chi connectivity index (χ3n) is 3.13. The second kappa shape index (κ2) is 7.13. The number of rotatable bonds is 5. The molecule has 0 saturated heterocycles. The van der Waals surface area contributed by atoms with Gasteiger partial charge in [-0.25, -0.2) is 0 Å². The highest BCUT2D eigenvalue weighted by Crippen LogP contribution is 2.32. The number of hydrogen-bond acceptors (Lipinski definition) is 3. The van der Waals surface area contributed by atoms with E-state index in [0.29, 0.717) is 0 Å². The predicted molar refractivity (Wildman–Crippen MR) is 103 cm³/mol. The molecule has 0 aliphatic rings. The van der Waals surface area contributed by atoms with E-state index >= 15 is 0 Å². The quantitative estimate of drug-likeness (QED) is 0.444. The van der Waals surface area contributed by atoms with Gasteiger partial charge in [0.05, 0.1) is 16.8 Å². The van der Waals surface area contributed by atoms with Crippen LogP contribution in [0.15, 0.2) is 53.2 Å². The van der Waals surface area contributed by atoms with Crippen LogP contribution in [0.4, 0.5) is 5.69 Å². The summed E-state index contributed by atoms with van der Waals surface area (Å²) >= 11 is 12.2. The zero-order valence-electron chi connectivity index (χ0n) is 11.1. The summed E-state index contributed by atoms with van der Waals surface area (Å²) in [5.74, 6) is 0. The van der Waals surface area contributed by atoms with Crippen molar-refractivity contribution in [3.8, 4) is 0 Å². The smallest absolute Gasteiger partial charge is 0.0655 e. The number of benzene rings is 1. The van der Waals surface area contributed by atoms with Gasteiger partial charge in [0.2, 0.25) is 0 Å².